The standard InChI is InChI=1S/C14H20N2O3S/c1-10-9-20(18,19)7-6-16(10)14(17)11(2)12-4-3-5-13(15)8-12/h3-5,8,10-11H,6-7,9,15H2,1-2H3. The van der Waals surface area contributed by atoms with Crippen LogP contribution in [0.25, 0.3) is 0 Å². The smallest absolute Gasteiger partial charge is 0.230 e. The van der Waals surface area contributed by atoms with Crippen molar-refractivity contribution in [3.8, 4) is 0 Å². The largest absolute Gasteiger partial charge is 0.399 e. The van der Waals surface area contributed by atoms with Gasteiger partial charge in [0.25, 0.3) is 0 Å². The Morgan fingerprint density at radius 1 is 1.45 bits per heavy atom. The van der Waals surface area contributed by atoms with Crippen molar-refractivity contribution < 1.29 is 13.2 Å². The van der Waals surface area contributed by atoms with E-state index in [-0.39, 0.29) is 35.9 Å². The number of nitrogen functional groups attached to an aromatic ring is 1. The highest BCUT2D eigenvalue weighted by atomic mass is 32.2. The monoisotopic (exact) mass is 296 g/mol. The third-order valence-corrected chi connectivity index (χ3v) is 5.53. The Morgan fingerprint density at radius 3 is 2.75 bits per heavy atom. The zero-order valence-corrected chi connectivity index (χ0v) is 12.6. The molecule has 20 heavy (non-hydrogen) atoms. The van der Waals surface area contributed by atoms with Crippen LogP contribution in [0, 0.1) is 0 Å². The third kappa shape index (κ3) is 3.12. The molecule has 1 aliphatic heterocycles. The summed E-state index contributed by atoms with van der Waals surface area (Å²) in [7, 11) is -3.01. The van der Waals surface area contributed by atoms with Gasteiger partial charge in [-0.15, -0.1) is 0 Å². The predicted molar refractivity (Wildman–Crippen MR) is 79.1 cm³/mol. The van der Waals surface area contributed by atoms with Crippen LogP contribution in [0.5, 0.6) is 0 Å². The molecule has 1 saturated heterocycles. The minimum Gasteiger partial charge on any atom is -0.399 e. The second-order valence-corrected chi connectivity index (χ2v) is 7.62. The first-order chi connectivity index (χ1) is 9.30. The zero-order chi connectivity index (χ0) is 14.9. The lowest BCUT2D eigenvalue weighted by molar-refractivity contribution is -0.133. The van der Waals surface area contributed by atoms with Gasteiger partial charge in [0, 0.05) is 18.3 Å². The normalized spacial score (nSPS) is 23.3. The summed E-state index contributed by atoms with van der Waals surface area (Å²) in [5, 5.41) is 0. The second-order valence-electron chi connectivity index (χ2n) is 5.39. The van der Waals surface area contributed by atoms with Gasteiger partial charge >= 0.3 is 0 Å². The molecule has 110 valence electrons. The summed E-state index contributed by atoms with van der Waals surface area (Å²) in [6, 6.07) is 6.97. The van der Waals surface area contributed by atoms with Gasteiger partial charge < -0.3 is 10.6 Å². The molecule has 1 aromatic rings. The molecule has 1 aromatic carbocycles. The molecule has 2 atom stereocenters. The van der Waals surface area contributed by atoms with Crippen LogP contribution in [0.15, 0.2) is 24.3 Å². The van der Waals surface area contributed by atoms with Crippen LogP contribution in [0.1, 0.15) is 25.3 Å². The Morgan fingerprint density at radius 2 is 2.15 bits per heavy atom. The number of amides is 1. The van der Waals surface area contributed by atoms with Crippen LogP contribution in [-0.4, -0.2) is 43.3 Å². The number of hydrogen-bond donors (Lipinski definition) is 1. The van der Waals surface area contributed by atoms with Crippen molar-refractivity contribution in [1.82, 2.24) is 4.90 Å². The van der Waals surface area contributed by atoms with Gasteiger partial charge in [-0.3, -0.25) is 4.79 Å². The predicted octanol–water partition coefficient (Wildman–Crippen LogP) is 1.02. The minimum atomic E-state index is -3.01. The Hall–Kier alpha value is -1.56. The molecule has 1 heterocycles. The Bertz CT molecular complexity index is 613. The fourth-order valence-electron chi connectivity index (χ4n) is 2.55. The maximum absolute atomic E-state index is 12.5. The van der Waals surface area contributed by atoms with Crippen LogP contribution in [0.4, 0.5) is 5.69 Å². The Balaban J connectivity index is 2.15. The Kier molecular flexibility index (Phi) is 4.04. The SMILES string of the molecule is CC(C(=O)N1CCS(=O)(=O)CC1C)c1cccc(N)c1. The van der Waals surface area contributed by atoms with E-state index in [9.17, 15) is 13.2 Å². The van der Waals surface area contributed by atoms with Crippen LogP contribution >= 0.6 is 0 Å². The Labute approximate surface area is 119 Å². The summed E-state index contributed by atoms with van der Waals surface area (Å²) in [4.78, 5) is 14.2. The van der Waals surface area contributed by atoms with Crippen LogP contribution < -0.4 is 5.73 Å². The maximum atomic E-state index is 12.5. The minimum absolute atomic E-state index is 0.0435. The van der Waals surface area contributed by atoms with Crippen molar-refractivity contribution in [3.63, 3.8) is 0 Å². The summed E-state index contributed by atoms with van der Waals surface area (Å²) < 4.78 is 23.1. The van der Waals surface area contributed by atoms with E-state index in [0.717, 1.165) is 5.56 Å². The van der Waals surface area contributed by atoms with E-state index in [0.29, 0.717) is 5.69 Å². The molecular weight excluding hydrogens is 276 g/mol. The lowest BCUT2D eigenvalue weighted by Crippen LogP contribution is -2.50. The number of nitrogens with zero attached hydrogens (tertiary/aromatic N) is 1. The van der Waals surface area contributed by atoms with Gasteiger partial charge in [-0.05, 0) is 31.5 Å². The number of sulfone groups is 1. The van der Waals surface area contributed by atoms with E-state index in [1.807, 2.05) is 19.1 Å². The van der Waals surface area contributed by atoms with Crippen molar-refractivity contribution in [1.29, 1.82) is 0 Å². The van der Waals surface area contributed by atoms with Crippen LogP contribution in [0.2, 0.25) is 0 Å². The molecule has 2 unspecified atom stereocenters. The average molecular weight is 296 g/mol. The molecule has 0 aliphatic carbocycles. The molecule has 0 aromatic heterocycles. The number of carbonyl (C=O) groups is 1. The van der Waals surface area contributed by atoms with E-state index in [1.165, 1.54) is 0 Å². The van der Waals surface area contributed by atoms with Gasteiger partial charge in [-0.25, -0.2) is 8.42 Å². The summed E-state index contributed by atoms with van der Waals surface area (Å²) >= 11 is 0. The molecule has 5 nitrogen and oxygen atoms in total. The number of carbonyl (C=O) groups excluding carboxylic acids is 1. The van der Waals surface area contributed by atoms with Crippen molar-refractivity contribution in [2.24, 2.45) is 0 Å². The second kappa shape index (κ2) is 5.44. The van der Waals surface area contributed by atoms with Crippen molar-refractivity contribution in [2.75, 3.05) is 23.8 Å². The highest BCUT2D eigenvalue weighted by molar-refractivity contribution is 7.91. The topological polar surface area (TPSA) is 80.5 Å². The molecule has 6 heteroatoms. The molecule has 2 N–H and O–H groups in total. The zero-order valence-electron chi connectivity index (χ0n) is 11.7. The first-order valence-electron chi connectivity index (χ1n) is 6.66. The number of anilines is 1. The molecule has 0 spiro atoms. The summed E-state index contributed by atoms with van der Waals surface area (Å²) in [6.07, 6.45) is 0. The number of rotatable bonds is 2. The van der Waals surface area contributed by atoms with Crippen molar-refractivity contribution >= 4 is 21.4 Å². The highest BCUT2D eigenvalue weighted by Gasteiger charge is 2.33. The van der Waals surface area contributed by atoms with Gasteiger partial charge in [0.1, 0.15) is 0 Å². The first kappa shape index (κ1) is 14.8. The number of nitrogens with two attached hydrogens (primary N) is 1. The molecule has 2 rings (SSSR count). The van der Waals surface area contributed by atoms with Gasteiger partial charge in [-0.1, -0.05) is 12.1 Å². The summed E-state index contributed by atoms with van der Waals surface area (Å²) in [5.41, 5.74) is 7.21. The van der Waals surface area contributed by atoms with Crippen LogP contribution in [0.3, 0.4) is 0 Å². The average Bonchev–Trinajstić information content (AvgIpc) is 2.36. The third-order valence-electron chi connectivity index (χ3n) is 3.73. The summed E-state index contributed by atoms with van der Waals surface area (Å²) in [5.74, 6) is -0.269. The molecule has 1 aliphatic rings. The van der Waals surface area contributed by atoms with Gasteiger partial charge in [0.05, 0.1) is 17.4 Å². The number of hydrogen-bond acceptors (Lipinski definition) is 4. The van der Waals surface area contributed by atoms with Crippen molar-refractivity contribution in [2.45, 2.75) is 25.8 Å². The van der Waals surface area contributed by atoms with Gasteiger partial charge in [-0.2, -0.15) is 0 Å². The van der Waals surface area contributed by atoms with Gasteiger partial charge in [0.15, 0.2) is 9.84 Å². The quantitative estimate of drug-likeness (QED) is 0.826. The molecule has 0 saturated carbocycles. The van der Waals surface area contributed by atoms with E-state index >= 15 is 0 Å². The fraction of sp³-hybridized carbons (Fsp3) is 0.500. The highest BCUT2D eigenvalue weighted by Crippen LogP contribution is 2.23. The van der Waals surface area contributed by atoms with Crippen molar-refractivity contribution in [3.05, 3.63) is 29.8 Å². The lowest BCUT2D eigenvalue weighted by atomic mass is 9.98. The van der Waals surface area contributed by atoms with E-state index in [2.05, 4.69) is 0 Å². The van der Waals surface area contributed by atoms with E-state index < -0.39 is 9.84 Å². The van der Waals surface area contributed by atoms with E-state index in [4.69, 9.17) is 5.73 Å². The lowest BCUT2D eigenvalue weighted by Gasteiger charge is -2.35. The van der Waals surface area contributed by atoms with Gasteiger partial charge in [0.2, 0.25) is 5.91 Å². The molecule has 0 bridgehead atoms. The fourth-order valence-corrected chi connectivity index (χ4v) is 4.10. The molecular formula is C14H20N2O3S. The molecule has 1 fully saturated rings. The van der Waals surface area contributed by atoms with E-state index in [1.54, 1.807) is 24.0 Å². The molecule has 0 radical (unpaired) electrons. The summed E-state index contributed by atoms with van der Waals surface area (Å²) in [6.45, 7) is 3.88. The molecule has 1 amide bonds. The maximum Gasteiger partial charge on any atom is 0.230 e. The first-order valence-corrected chi connectivity index (χ1v) is 8.48. The van der Waals surface area contributed by atoms with Crippen LogP contribution in [-0.2, 0) is 14.6 Å². The number of benzene rings is 1.